The van der Waals surface area contributed by atoms with Crippen LogP contribution in [0.3, 0.4) is 0 Å². The third-order valence-corrected chi connectivity index (χ3v) is 6.92. The molecule has 0 bridgehead atoms. The molecule has 1 N–H and O–H groups in total. The molecule has 12 heteroatoms. The number of nitrogens with one attached hydrogen (secondary N) is 1. The Labute approximate surface area is 239 Å². The Morgan fingerprint density at radius 1 is 0.929 bits per heavy atom. The molecule has 6 rings (SSSR count). The second-order valence-corrected chi connectivity index (χ2v) is 9.60. The second kappa shape index (κ2) is 11.4. The first-order chi connectivity index (χ1) is 20.4. The Morgan fingerprint density at radius 2 is 1.64 bits per heavy atom. The van der Waals surface area contributed by atoms with E-state index in [0.717, 1.165) is 10.4 Å². The van der Waals surface area contributed by atoms with Crippen LogP contribution in [0.2, 0.25) is 0 Å². The molecule has 212 valence electrons. The minimum atomic E-state index is -0.813. The predicted octanol–water partition coefficient (Wildman–Crippen LogP) is 2.85. The van der Waals surface area contributed by atoms with E-state index >= 15 is 0 Å². The van der Waals surface area contributed by atoms with Crippen LogP contribution in [0.4, 0.5) is 4.39 Å². The quantitative estimate of drug-likeness (QED) is 0.306. The monoisotopic (exact) mass is 569 g/mol. The third kappa shape index (κ3) is 5.16. The van der Waals surface area contributed by atoms with E-state index in [1.807, 2.05) is 12.1 Å². The van der Waals surface area contributed by atoms with Crippen molar-refractivity contribution in [2.45, 2.75) is 6.17 Å². The molecule has 0 radical (unpaired) electrons. The first kappa shape index (κ1) is 27.0. The minimum absolute atomic E-state index is 0.103. The smallest absolute Gasteiger partial charge is 0.285 e. The summed E-state index contributed by atoms with van der Waals surface area (Å²) in [6.45, 7) is -0.512. The number of para-hydroxylation sites is 1. The average Bonchev–Trinajstić information content (AvgIpc) is 3.44. The van der Waals surface area contributed by atoms with Crippen molar-refractivity contribution in [1.82, 2.24) is 25.4 Å². The van der Waals surface area contributed by atoms with E-state index < -0.39 is 42.2 Å². The average molecular weight is 570 g/mol. The number of benzene rings is 3. The normalized spacial score (nSPS) is 16.8. The summed E-state index contributed by atoms with van der Waals surface area (Å²) in [7, 11) is 0. The van der Waals surface area contributed by atoms with Gasteiger partial charge in [0.05, 0.1) is 24.3 Å². The van der Waals surface area contributed by atoms with E-state index in [0.29, 0.717) is 21.9 Å². The molecule has 3 aromatic carbocycles. The van der Waals surface area contributed by atoms with Crippen LogP contribution in [0.5, 0.6) is 5.75 Å². The Morgan fingerprint density at radius 3 is 2.38 bits per heavy atom. The summed E-state index contributed by atoms with van der Waals surface area (Å²) in [4.78, 5) is 62.8. The van der Waals surface area contributed by atoms with Gasteiger partial charge in [-0.2, -0.15) is 0 Å². The largest absolute Gasteiger partial charge is 0.481 e. The number of aromatic nitrogens is 1. The lowest BCUT2D eigenvalue weighted by Crippen LogP contribution is -2.47. The van der Waals surface area contributed by atoms with Crippen molar-refractivity contribution in [2.75, 3.05) is 26.3 Å². The lowest BCUT2D eigenvalue weighted by atomic mass is 10.1. The number of carbonyl (C=O) groups excluding carboxylic acids is 4. The lowest BCUT2D eigenvalue weighted by Gasteiger charge is -2.30. The number of hydrazine groups is 1. The van der Waals surface area contributed by atoms with E-state index in [1.165, 1.54) is 24.3 Å². The van der Waals surface area contributed by atoms with E-state index in [2.05, 4.69) is 10.4 Å². The Balaban J connectivity index is 1.14. The number of nitrogens with zero attached hydrogens (tertiary/aromatic N) is 4. The lowest BCUT2D eigenvalue weighted by molar-refractivity contribution is -0.141. The van der Waals surface area contributed by atoms with Crippen molar-refractivity contribution in [2.24, 2.45) is 0 Å². The zero-order valence-corrected chi connectivity index (χ0v) is 22.1. The van der Waals surface area contributed by atoms with E-state index in [9.17, 15) is 23.6 Å². The Kier molecular flexibility index (Phi) is 7.30. The summed E-state index contributed by atoms with van der Waals surface area (Å²) < 4.78 is 19.4. The summed E-state index contributed by atoms with van der Waals surface area (Å²) >= 11 is 0. The van der Waals surface area contributed by atoms with Gasteiger partial charge in [-0.15, -0.1) is 5.06 Å². The maximum atomic E-state index is 13.7. The van der Waals surface area contributed by atoms with Gasteiger partial charge in [-0.25, -0.2) is 9.40 Å². The number of amides is 4. The molecular formula is C30H24FN5O6. The summed E-state index contributed by atoms with van der Waals surface area (Å²) in [5.74, 6) is -2.20. The van der Waals surface area contributed by atoms with E-state index in [1.54, 1.807) is 53.6 Å². The zero-order chi connectivity index (χ0) is 29.2. The second-order valence-electron chi connectivity index (χ2n) is 9.60. The summed E-state index contributed by atoms with van der Waals surface area (Å²) in [5.41, 5.74) is 4.23. The van der Waals surface area contributed by atoms with Crippen LogP contribution >= 0.6 is 0 Å². The highest BCUT2D eigenvalue weighted by atomic mass is 19.1. The van der Waals surface area contributed by atoms with Gasteiger partial charge >= 0.3 is 0 Å². The van der Waals surface area contributed by atoms with Crippen molar-refractivity contribution in [3.8, 4) is 5.75 Å². The molecule has 1 unspecified atom stereocenters. The fraction of sp³-hybridized carbons (Fsp3) is 0.167. The predicted molar refractivity (Wildman–Crippen MR) is 146 cm³/mol. The fourth-order valence-electron chi connectivity index (χ4n) is 4.99. The maximum Gasteiger partial charge on any atom is 0.285 e. The molecule has 1 aromatic heterocycles. The van der Waals surface area contributed by atoms with Crippen molar-refractivity contribution in [3.63, 3.8) is 0 Å². The van der Waals surface area contributed by atoms with Gasteiger partial charge in [0.15, 0.2) is 6.61 Å². The van der Waals surface area contributed by atoms with Crippen LogP contribution in [0.25, 0.3) is 10.9 Å². The molecule has 2 aliphatic rings. The van der Waals surface area contributed by atoms with Gasteiger partial charge in [-0.3, -0.25) is 39.3 Å². The highest BCUT2D eigenvalue weighted by Crippen LogP contribution is 2.30. The van der Waals surface area contributed by atoms with Crippen LogP contribution in [0.1, 0.15) is 32.4 Å². The molecule has 2 aliphatic heterocycles. The molecule has 11 nitrogen and oxygen atoms in total. The number of hydroxylamine groups is 2. The van der Waals surface area contributed by atoms with Crippen molar-refractivity contribution in [1.29, 1.82) is 0 Å². The fourth-order valence-corrected chi connectivity index (χ4v) is 4.99. The first-order valence-electron chi connectivity index (χ1n) is 13.1. The third-order valence-electron chi connectivity index (χ3n) is 6.92. The molecule has 1 saturated heterocycles. The SMILES string of the molecule is O=C(COc1cccc2cccnc12)NN1C(=O)CN(CCON2C(=O)c3ccccc3C2=O)C1c1ccc(F)cc1. The molecule has 4 aromatic rings. The molecule has 0 aliphatic carbocycles. The van der Waals surface area contributed by atoms with Crippen LogP contribution in [-0.4, -0.2) is 69.9 Å². The number of rotatable bonds is 9. The number of pyridine rings is 1. The number of hydrogen-bond donors (Lipinski definition) is 1. The number of hydrogen-bond acceptors (Lipinski definition) is 8. The van der Waals surface area contributed by atoms with Crippen LogP contribution < -0.4 is 10.2 Å². The van der Waals surface area contributed by atoms with E-state index in [-0.39, 0.29) is 30.8 Å². The highest BCUT2D eigenvalue weighted by Gasteiger charge is 2.41. The molecule has 1 fully saturated rings. The van der Waals surface area contributed by atoms with Gasteiger partial charge in [0.25, 0.3) is 23.6 Å². The summed E-state index contributed by atoms with van der Waals surface area (Å²) in [6, 6.07) is 20.9. The first-order valence-corrected chi connectivity index (χ1v) is 13.1. The highest BCUT2D eigenvalue weighted by molar-refractivity contribution is 6.20. The summed E-state index contributed by atoms with van der Waals surface area (Å²) in [6.07, 6.45) is 0.810. The van der Waals surface area contributed by atoms with Gasteiger partial charge in [0.1, 0.15) is 23.2 Å². The van der Waals surface area contributed by atoms with Crippen LogP contribution in [-0.2, 0) is 14.4 Å². The maximum absolute atomic E-state index is 13.7. The summed E-state index contributed by atoms with van der Waals surface area (Å²) in [5, 5.41) is 2.71. The topological polar surface area (TPSA) is 121 Å². The van der Waals surface area contributed by atoms with Gasteiger partial charge in [-0.05, 0) is 42.0 Å². The standard InChI is InChI=1S/C30H24FN5O6/c31-21-12-10-20(11-13-21)28-34(15-16-42-36-29(39)22-7-1-2-8-23(22)30(36)40)17-26(38)35(28)33-25(37)18-41-24-9-3-5-19-6-4-14-32-27(19)24/h1-14,28H,15-18H2,(H,33,37). The van der Waals surface area contributed by atoms with Crippen LogP contribution in [0, 0.1) is 5.82 Å². The number of halogens is 1. The molecule has 1 atom stereocenters. The van der Waals surface area contributed by atoms with Crippen molar-refractivity contribution in [3.05, 3.63) is 108 Å². The molecule has 42 heavy (non-hydrogen) atoms. The molecule has 0 saturated carbocycles. The number of ether oxygens (including phenoxy) is 1. The van der Waals surface area contributed by atoms with Crippen molar-refractivity contribution >= 4 is 34.5 Å². The van der Waals surface area contributed by atoms with Crippen molar-refractivity contribution < 1.29 is 33.1 Å². The van der Waals surface area contributed by atoms with Gasteiger partial charge in [-0.1, -0.05) is 42.5 Å². The van der Waals surface area contributed by atoms with Crippen LogP contribution in [0.15, 0.2) is 85.1 Å². The van der Waals surface area contributed by atoms with Gasteiger partial charge in [0.2, 0.25) is 0 Å². The number of imide groups is 1. The zero-order valence-electron chi connectivity index (χ0n) is 22.1. The number of carbonyl (C=O) groups is 4. The Bertz CT molecular complexity index is 1660. The molecule has 4 amide bonds. The van der Waals surface area contributed by atoms with E-state index in [4.69, 9.17) is 9.57 Å². The van der Waals surface area contributed by atoms with Gasteiger partial charge in [0, 0.05) is 18.1 Å². The van der Waals surface area contributed by atoms with Gasteiger partial charge < -0.3 is 4.74 Å². The Hall–Kier alpha value is -5.20. The number of fused-ring (bicyclic) bond motifs is 2. The minimum Gasteiger partial charge on any atom is -0.481 e. The molecule has 0 spiro atoms. The molecule has 3 heterocycles. The molecular weight excluding hydrogens is 545 g/mol.